The number of hydrogen-bond acceptors (Lipinski definition) is 5. The van der Waals surface area contributed by atoms with Crippen molar-refractivity contribution in [3.05, 3.63) is 20.8 Å². The standard InChI is InChI=1S/C13H24N4O3/c1-4-6-17-11(14)10(12(18)16-13(17)19)15-5-7-20-8-9(2)3/h9,15H,4-8,14H2,1-3H3,(H,16,18,19). The molecule has 0 atom stereocenters. The molecule has 0 aliphatic heterocycles. The Morgan fingerprint density at radius 1 is 1.40 bits per heavy atom. The van der Waals surface area contributed by atoms with Gasteiger partial charge in [0.05, 0.1) is 6.61 Å². The first-order valence-corrected chi connectivity index (χ1v) is 6.91. The largest absolute Gasteiger partial charge is 0.383 e. The fourth-order valence-corrected chi connectivity index (χ4v) is 1.77. The van der Waals surface area contributed by atoms with Gasteiger partial charge < -0.3 is 15.8 Å². The number of nitrogen functional groups attached to an aromatic ring is 1. The van der Waals surface area contributed by atoms with E-state index in [4.69, 9.17) is 10.5 Å². The predicted molar refractivity (Wildman–Crippen MR) is 80.2 cm³/mol. The number of H-pyrrole nitrogens is 1. The Bertz CT molecular complexity index is 533. The van der Waals surface area contributed by atoms with Gasteiger partial charge in [0.2, 0.25) is 0 Å². The minimum Gasteiger partial charge on any atom is -0.383 e. The van der Waals surface area contributed by atoms with Gasteiger partial charge in [0, 0.05) is 19.7 Å². The van der Waals surface area contributed by atoms with Crippen LogP contribution < -0.4 is 22.3 Å². The van der Waals surface area contributed by atoms with Gasteiger partial charge in [-0.15, -0.1) is 0 Å². The summed E-state index contributed by atoms with van der Waals surface area (Å²) in [5, 5.41) is 2.93. The van der Waals surface area contributed by atoms with E-state index in [0.717, 1.165) is 6.42 Å². The molecule has 114 valence electrons. The maximum absolute atomic E-state index is 11.7. The highest BCUT2D eigenvalue weighted by Crippen LogP contribution is 2.09. The van der Waals surface area contributed by atoms with Crippen molar-refractivity contribution in [1.29, 1.82) is 0 Å². The summed E-state index contributed by atoms with van der Waals surface area (Å²) >= 11 is 0. The molecule has 0 unspecified atom stereocenters. The fourth-order valence-electron chi connectivity index (χ4n) is 1.77. The van der Waals surface area contributed by atoms with Crippen LogP contribution in [0.4, 0.5) is 11.5 Å². The van der Waals surface area contributed by atoms with Crippen LogP contribution in [0.5, 0.6) is 0 Å². The van der Waals surface area contributed by atoms with E-state index in [1.54, 1.807) is 0 Å². The second-order valence-corrected chi connectivity index (χ2v) is 5.07. The first-order valence-electron chi connectivity index (χ1n) is 6.91. The Morgan fingerprint density at radius 3 is 2.70 bits per heavy atom. The van der Waals surface area contributed by atoms with Gasteiger partial charge in [-0.3, -0.25) is 14.3 Å². The monoisotopic (exact) mass is 284 g/mol. The number of anilines is 2. The molecule has 7 nitrogen and oxygen atoms in total. The molecule has 0 spiro atoms. The van der Waals surface area contributed by atoms with Gasteiger partial charge in [-0.05, 0) is 12.3 Å². The molecule has 1 rings (SSSR count). The van der Waals surface area contributed by atoms with Crippen molar-refractivity contribution in [3.8, 4) is 0 Å². The molecule has 1 heterocycles. The summed E-state index contributed by atoms with van der Waals surface area (Å²) in [6, 6.07) is 0. The Balaban J connectivity index is 2.72. The number of aromatic nitrogens is 2. The van der Waals surface area contributed by atoms with Crippen LogP contribution >= 0.6 is 0 Å². The number of nitrogens with two attached hydrogens (primary N) is 1. The van der Waals surface area contributed by atoms with E-state index >= 15 is 0 Å². The number of nitrogens with one attached hydrogen (secondary N) is 2. The van der Waals surface area contributed by atoms with Crippen molar-refractivity contribution in [3.63, 3.8) is 0 Å². The molecule has 0 aliphatic carbocycles. The van der Waals surface area contributed by atoms with E-state index < -0.39 is 11.2 Å². The molecule has 0 aromatic carbocycles. The normalized spacial score (nSPS) is 11.0. The number of aromatic amines is 1. The van der Waals surface area contributed by atoms with Gasteiger partial charge in [-0.1, -0.05) is 20.8 Å². The minimum absolute atomic E-state index is 0.171. The van der Waals surface area contributed by atoms with Gasteiger partial charge in [-0.2, -0.15) is 0 Å². The summed E-state index contributed by atoms with van der Waals surface area (Å²) in [6.07, 6.45) is 0.757. The lowest BCUT2D eigenvalue weighted by Gasteiger charge is -2.13. The summed E-state index contributed by atoms with van der Waals surface area (Å²) in [7, 11) is 0. The molecular weight excluding hydrogens is 260 g/mol. The lowest BCUT2D eigenvalue weighted by atomic mass is 10.2. The van der Waals surface area contributed by atoms with E-state index in [0.29, 0.717) is 32.2 Å². The third-order valence-electron chi connectivity index (χ3n) is 2.69. The van der Waals surface area contributed by atoms with E-state index in [-0.39, 0.29) is 11.5 Å². The van der Waals surface area contributed by atoms with E-state index in [2.05, 4.69) is 24.1 Å². The molecule has 7 heteroatoms. The van der Waals surface area contributed by atoms with E-state index in [1.807, 2.05) is 6.92 Å². The lowest BCUT2D eigenvalue weighted by molar-refractivity contribution is 0.118. The highest BCUT2D eigenvalue weighted by atomic mass is 16.5. The average molecular weight is 284 g/mol. The van der Waals surface area contributed by atoms with Gasteiger partial charge in [-0.25, -0.2) is 4.79 Å². The van der Waals surface area contributed by atoms with Crippen LogP contribution in [0, 0.1) is 5.92 Å². The number of rotatable bonds is 8. The van der Waals surface area contributed by atoms with Crippen LogP contribution in [0.2, 0.25) is 0 Å². The highest BCUT2D eigenvalue weighted by Gasteiger charge is 2.11. The minimum atomic E-state index is -0.497. The SMILES string of the molecule is CCCn1c(N)c(NCCOCC(C)C)c(=O)[nH]c1=O. The zero-order chi connectivity index (χ0) is 15.1. The lowest BCUT2D eigenvalue weighted by Crippen LogP contribution is -2.34. The van der Waals surface area contributed by atoms with Crippen LogP contribution in [0.3, 0.4) is 0 Å². The second kappa shape index (κ2) is 7.74. The molecule has 0 bridgehead atoms. The third kappa shape index (κ3) is 4.41. The van der Waals surface area contributed by atoms with Crippen molar-refractivity contribution < 1.29 is 4.74 Å². The molecule has 0 aliphatic rings. The van der Waals surface area contributed by atoms with Crippen molar-refractivity contribution in [2.75, 3.05) is 30.8 Å². The molecule has 4 N–H and O–H groups in total. The van der Waals surface area contributed by atoms with E-state index in [1.165, 1.54) is 4.57 Å². The summed E-state index contributed by atoms with van der Waals surface area (Å²) in [5.41, 5.74) is 5.13. The summed E-state index contributed by atoms with van der Waals surface area (Å²) in [4.78, 5) is 25.6. The molecule has 0 radical (unpaired) electrons. The molecule has 0 saturated heterocycles. The van der Waals surface area contributed by atoms with Gasteiger partial charge in [0.1, 0.15) is 11.5 Å². The van der Waals surface area contributed by atoms with Crippen LogP contribution in [-0.2, 0) is 11.3 Å². The molecule has 1 aromatic heterocycles. The Labute approximate surface area is 118 Å². The Morgan fingerprint density at radius 2 is 2.10 bits per heavy atom. The van der Waals surface area contributed by atoms with Crippen molar-refractivity contribution in [2.24, 2.45) is 5.92 Å². The maximum atomic E-state index is 11.7. The van der Waals surface area contributed by atoms with Gasteiger partial charge in [0.15, 0.2) is 0 Å². The van der Waals surface area contributed by atoms with Crippen LogP contribution in [0.25, 0.3) is 0 Å². The van der Waals surface area contributed by atoms with Crippen molar-refractivity contribution in [1.82, 2.24) is 9.55 Å². The zero-order valence-electron chi connectivity index (χ0n) is 12.4. The molecule has 1 aromatic rings. The van der Waals surface area contributed by atoms with Gasteiger partial charge >= 0.3 is 5.69 Å². The number of hydrogen-bond donors (Lipinski definition) is 3. The Hall–Kier alpha value is -1.76. The summed E-state index contributed by atoms with van der Waals surface area (Å²) in [6.45, 7) is 8.15. The fraction of sp³-hybridized carbons (Fsp3) is 0.692. The van der Waals surface area contributed by atoms with Crippen LogP contribution in [0.1, 0.15) is 27.2 Å². The highest BCUT2D eigenvalue weighted by molar-refractivity contribution is 5.60. The van der Waals surface area contributed by atoms with Crippen LogP contribution in [0.15, 0.2) is 9.59 Å². The maximum Gasteiger partial charge on any atom is 0.330 e. The first kappa shape index (κ1) is 16.3. The summed E-state index contributed by atoms with van der Waals surface area (Å²) < 4.78 is 6.77. The molecule has 20 heavy (non-hydrogen) atoms. The topological polar surface area (TPSA) is 102 Å². The summed E-state index contributed by atoms with van der Waals surface area (Å²) in [5.74, 6) is 0.638. The smallest absolute Gasteiger partial charge is 0.330 e. The van der Waals surface area contributed by atoms with Crippen molar-refractivity contribution >= 4 is 11.5 Å². The number of ether oxygens (including phenoxy) is 1. The molecular formula is C13H24N4O3. The zero-order valence-corrected chi connectivity index (χ0v) is 12.4. The quantitative estimate of drug-likeness (QED) is 0.607. The molecule has 0 fully saturated rings. The third-order valence-corrected chi connectivity index (χ3v) is 2.69. The molecule has 0 saturated carbocycles. The second-order valence-electron chi connectivity index (χ2n) is 5.07. The number of nitrogens with zero attached hydrogens (tertiary/aromatic N) is 1. The van der Waals surface area contributed by atoms with E-state index in [9.17, 15) is 9.59 Å². The van der Waals surface area contributed by atoms with Crippen molar-refractivity contribution in [2.45, 2.75) is 33.7 Å². The predicted octanol–water partition coefficient (Wildman–Crippen LogP) is 0.613. The van der Waals surface area contributed by atoms with Gasteiger partial charge in [0.25, 0.3) is 5.56 Å². The Kier molecular flexibility index (Phi) is 6.30. The first-order chi connectivity index (χ1) is 9.47. The molecule has 0 amide bonds. The average Bonchev–Trinajstić information content (AvgIpc) is 2.37. The van der Waals surface area contributed by atoms with Crippen LogP contribution in [-0.4, -0.2) is 29.3 Å².